The first-order valence-corrected chi connectivity index (χ1v) is 11.3. The zero-order valence-electron chi connectivity index (χ0n) is 18.7. The Morgan fingerprint density at radius 1 is 1.20 bits per heavy atom. The van der Waals surface area contributed by atoms with Crippen molar-refractivity contribution in [3.63, 3.8) is 0 Å². The van der Waals surface area contributed by atoms with Gasteiger partial charge in [-0.25, -0.2) is 4.98 Å². The molecule has 0 atom stereocenters. The molecular formula is C23H37N5O2. The summed E-state index contributed by atoms with van der Waals surface area (Å²) < 4.78 is 6.08. The second-order valence-electron chi connectivity index (χ2n) is 8.85. The lowest BCUT2D eigenvalue weighted by Crippen LogP contribution is -2.49. The van der Waals surface area contributed by atoms with Crippen LogP contribution in [0.15, 0.2) is 23.3 Å². The topological polar surface area (TPSA) is 78.9 Å². The van der Waals surface area contributed by atoms with Gasteiger partial charge in [0.15, 0.2) is 5.96 Å². The van der Waals surface area contributed by atoms with Gasteiger partial charge in [0.1, 0.15) is 6.10 Å². The first kappa shape index (κ1) is 22.4. The van der Waals surface area contributed by atoms with Gasteiger partial charge in [-0.2, -0.15) is 0 Å². The van der Waals surface area contributed by atoms with Crippen molar-refractivity contribution in [2.24, 2.45) is 10.4 Å². The molecule has 166 valence electrons. The van der Waals surface area contributed by atoms with Crippen molar-refractivity contribution in [2.75, 3.05) is 27.7 Å². The molecule has 1 heterocycles. The summed E-state index contributed by atoms with van der Waals surface area (Å²) in [5.41, 5.74) is 0.775. The van der Waals surface area contributed by atoms with Crippen LogP contribution in [-0.4, -0.2) is 55.5 Å². The number of pyridine rings is 1. The van der Waals surface area contributed by atoms with Crippen LogP contribution in [0.1, 0.15) is 63.4 Å². The molecule has 2 aliphatic rings. The summed E-state index contributed by atoms with van der Waals surface area (Å²) in [6.45, 7) is 1.23. The number of carbonyl (C=O) groups excluding carboxylic acids is 1. The van der Waals surface area contributed by atoms with Gasteiger partial charge in [-0.3, -0.25) is 9.79 Å². The molecule has 1 aromatic heterocycles. The molecule has 0 aromatic carbocycles. The Balaban J connectivity index is 1.52. The molecule has 0 spiro atoms. The van der Waals surface area contributed by atoms with Gasteiger partial charge in [0.2, 0.25) is 11.8 Å². The van der Waals surface area contributed by atoms with Gasteiger partial charge in [0, 0.05) is 46.5 Å². The van der Waals surface area contributed by atoms with Crippen molar-refractivity contribution < 1.29 is 9.53 Å². The summed E-state index contributed by atoms with van der Waals surface area (Å²) in [5.74, 6) is 1.62. The third kappa shape index (κ3) is 5.86. The fourth-order valence-corrected chi connectivity index (χ4v) is 4.63. The highest BCUT2D eigenvalue weighted by Crippen LogP contribution is 2.38. The Kier molecular flexibility index (Phi) is 7.94. The maximum Gasteiger partial charge on any atom is 0.230 e. The fourth-order valence-electron chi connectivity index (χ4n) is 4.63. The molecule has 7 heteroatoms. The number of guanidine groups is 1. The molecule has 7 nitrogen and oxygen atoms in total. The number of carbonyl (C=O) groups is 1. The van der Waals surface area contributed by atoms with E-state index in [2.05, 4.69) is 20.6 Å². The molecule has 1 amide bonds. The standard InChI is InChI=1S/C23H37N5O2/c1-24-22(27-17-23(12-7-8-13-23)21(29)28(2)3)26-16-18-11-14-25-20(15-18)30-19-9-5-4-6-10-19/h11,14-15,19H,4-10,12-13,16-17H2,1-3H3,(H2,24,26,27). The van der Waals surface area contributed by atoms with E-state index in [9.17, 15) is 4.79 Å². The average Bonchev–Trinajstić information content (AvgIpc) is 3.24. The Labute approximate surface area is 180 Å². The van der Waals surface area contributed by atoms with E-state index in [1.54, 1.807) is 18.1 Å². The van der Waals surface area contributed by atoms with Crippen LogP contribution in [0.4, 0.5) is 0 Å². The Morgan fingerprint density at radius 2 is 1.93 bits per heavy atom. The molecule has 2 fully saturated rings. The van der Waals surface area contributed by atoms with Crippen LogP contribution in [0.3, 0.4) is 0 Å². The van der Waals surface area contributed by atoms with E-state index in [0.29, 0.717) is 31.0 Å². The third-order valence-corrected chi connectivity index (χ3v) is 6.34. The van der Waals surface area contributed by atoms with Crippen LogP contribution in [0.5, 0.6) is 5.88 Å². The molecule has 3 rings (SSSR count). The van der Waals surface area contributed by atoms with Crippen LogP contribution in [-0.2, 0) is 11.3 Å². The average molecular weight is 416 g/mol. The number of amides is 1. The number of nitrogens with one attached hydrogen (secondary N) is 2. The largest absolute Gasteiger partial charge is 0.474 e. The lowest BCUT2D eigenvalue weighted by atomic mass is 9.84. The highest BCUT2D eigenvalue weighted by Gasteiger charge is 2.42. The number of aliphatic imine (C=N–C) groups is 1. The SMILES string of the molecule is CN=C(NCc1ccnc(OC2CCCCC2)c1)NCC1(C(=O)N(C)C)CCCC1. The van der Waals surface area contributed by atoms with Gasteiger partial charge in [0.05, 0.1) is 5.41 Å². The summed E-state index contributed by atoms with van der Waals surface area (Å²) in [5, 5.41) is 6.74. The lowest BCUT2D eigenvalue weighted by molar-refractivity contribution is -0.138. The lowest BCUT2D eigenvalue weighted by Gasteiger charge is -2.31. The van der Waals surface area contributed by atoms with E-state index in [1.807, 2.05) is 26.2 Å². The smallest absolute Gasteiger partial charge is 0.230 e. The Hall–Kier alpha value is -2.31. The van der Waals surface area contributed by atoms with E-state index in [0.717, 1.165) is 44.1 Å². The van der Waals surface area contributed by atoms with Crippen LogP contribution >= 0.6 is 0 Å². The summed E-state index contributed by atoms with van der Waals surface area (Å²) in [7, 11) is 5.44. The van der Waals surface area contributed by atoms with Crippen molar-refractivity contribution in [3.05, 3.63) is 23.9 Å². The number of rotatable bonds is 7. The molecule has 2 saturated carbocycles. The van der Waals surface area contributed by atoms with Gasteiger partial charge in [-0.05, 0) is 50.2 Å². The second kappa shape index (κ2) is 10.6. The van der Waals surface area contributed by atoms with Crippen molar-refractivity contribution in [1.29, 1.82) is 0 Å². The molecule has 0 radical (unpaired) electrons. The number of aromatic nitrogens is 1. The first-order chi connectivity index (χ1) is 14.5. The van der Waals surface area contributed by atoms with Crippen molar-refractivity contribution >= 4 is 11.9 Å². The van der Waals surface area contributed by atoms with E-state index in [4.69, 9.17) is 4.74 Å². The molecule has 1 aromatic rings. The Bertz CT molecular complexity index is 722. The fraction of sp³-hybridized carbons (Fsp3) is 0.696. The van der Waals surface area contributed by atoms with Crippen molar-refractivity contribution in [2.45, 2.75) is 70.4 Å². The summed E-state index contributed by atoms with van der Waals surface area (Å²) in [6, 6.07) is 3.99. The van der Waals surface area contributed by atoms with E-state index >= 15 is 0 Å². The number of ether oxygens (including phenoxy) is 1. The third-order valence-electron chi connectivity index (χ3n) is 6.34. The monoisotopic (exact) mass is 415 g/mol. The van der Waals surface area contributed by atoms with E-state index < -0.39 is 0 Å². The van der Waals surface area contributed by atoms with E-state index in [-0.39, 0.29) is 11.3 Å². The van der Waals surface area contributed by atoms with Crippen LogP contribution < -0.4 is 15.4 Å². The van der Waals surface area contributed by atoms with Crippen molar-refractivity contribution in [1.82, 2.24) is 20.5 Å². The maximum absolute atomic E-state index is 12.8. The van der Waals surface area contributed by atoms with Crippen LogP contribution in [0.2, 0.25) is 0 Å². The van der Waals surface area contributed by atoms with Gasteiger partial charge in [-0.1, -0.05) is 19.3 Å². The van der Waals surface area contributed by atoms with E-state index in [1.165, 1.54) is 19.3 Å². The zero-order chi connectivity index (χ0) is 21.4. The van der Waals surface area contributed by atoms with Gasteiger partial charge >= 0.3 is 0 Å². The minimum atomic E-state index is -0.321. The zero-order valence-corrected chi connectivity index (χ0v) is 18.7. The predicted molar refractivity (Wildman–Crippen MR) is 120 cm³/mol. The summed E-state index contributed by atoms with van der Waals surface area (Å²) >= 11 is 0. The molecule has 0 unspecified atom stereocenters. The van der Waals surface area contributed by atoms with Gasteiger partial charge in [0.25, 0.3) is 0 Å². The molecule has 0 aliphatic heterocycles. The number of nitrogens with zero attached hydrogens (tertiary/aromatic N) is 3. The first-order valence-electron chi connectivity index (χ1n) is 11.3. The van der Waals surface area contributed by atoms with Crippen LogP contribution in [0.25, 0.3) is 0 Å². The molecule has 0 bridgehead atoms. The normalized spacial score (nSPS) is 19.4. The summed E-state index contributed by atoms with van der Waals surface area (Å²) in [4.78, 5) is 23.2. The van der Waals surface area contributed by atoms with Gasteiger partial charge in [-0.15, -0.1) is 0 Å². The minimum Gasteiger partial charge on any atom is -0.474 e. The number of hydrogen-bond donors (Lipinski definition) is 2. The molecule has 0 saturated heterocycles. The Morgan fingerprint density at radius 3 is 2.60 bits per heavy atom. The van der Waals surface area contributed by atoms with Crippen LogP contribution in [0, 0.1) is 5.41 Å². The minimum absolute atomic E-state index is 0.210. The molecular weight excluding hydrogens is 378 g/mol. The molecule has 2 aliphatic carbocycles. The highest BCUT2D eigenvalue weighted by atomic mass is 16.5. The maximum atomic E-state index is 12.8. The summed E-state index contributed by atoms with van der Waals surface area (Å²) in [6.07, 6.45) is 12.2. The van der Waals surface area contributed by atoms with Gasteiger partial charge < -0.3 is 20.3 Å². The second-order valence-corrected chi connectivity index (χ2v) is 8.85. The molecule has 2 N–H and O–H groups in total. The predicted octanol–water partition coefficient (Wildman–Crippen LogP) is 3.11. The molecule has 30 heavy (non-hydrogen) atoms. The number of hydrogen-bond acceptors (Lipinski definition) is 4. The van der Waals surface area contributed by atoms with Crippen molar-refractivity contribution in [3.8, 4) is 5.88 Å². The quantitative estimate of drug-likeness (QED) is 0.528. The highest BCUT2D eigenvalue weighted by molar-refractivity contribution is 5.85.